The Morgan fingerprint density at radius 2 is 1.90 bits per heavy atom. The van der Waals surface area contributed by atoms with Crippen LogP contribution < -0.4 is 0 Å². The average Bonchev–Trinajstić information content (AvgIpc) is 2.76. The first-order chi connectivity index (χ1) is 9.54. The van der Waals surface area contributed by atoms with Crippen LogP contribution in [0.4, 0.5) is 0 Å². The molecule has 110 valence electrons. The van der Waals surface area contributed by atoms with E-state index >= 15 is 0 Å². The van der Waals surface area contributed by atoms with Crippen LogP contribution in [0.1, 0.15) is 17.3 Å². The minimum atomic E-state index is -1.17. The van der Waals surface area contributed by atoms with E-state index in [2.05, 4.69) is 0 Å². The normalized spacial score (nSPS) is 31.0. The molecule has 1 saturated heterocycles. The summed E-state index contributed by atoms with van der Waals surface area (Å²) in [5, 5.41) is 19.6. The number of benzene rings is 1. The number of aliphatic hydroxyl groups excluding tert-OH is 2. The number of rotatable bonds is 4. The van der Waals surface area contributed by atoms with Gasteiger partial charge in [-0.15, -0.1) is 0 Å². The van der Waals surface area contributed by atoms with Crippen molar-refractivity contribution in [3.05, 3.63) is 35.9 Å². The van der Waals surface area contributed by atoms with Gasteiger partial charge in [-0.3, -0.25) is 0 Å². The maximum Gasteiger partial charge on any atom is 0.338 e. The van der Waals surface area contributed by atoms with E-state index in [1.54, 1.807) is 37.3 Å². The largest absolute Gasteiger partial charge is 0.456 e. The molecule has 1 unspecified atom stereocenters. The van der Waals surface area contributed by atoms with Crippen molar-refractivity contribution in [1.82, 2.24) is 0 Å². The zero-order valence-corrected chi connectivity index (χ0v) is 11.3. The Labute approximate surface area is 116 Å². The predicted molar refractivity (Wildman–Crippen MR) is 69.0 cm³/mol. The first kappa shape index (κ1) is 14.9. The van der Waals surface area contributed by atoms with Gasteiger partial charge in [-0.2, -0.15) is 0 Å². The second-order valence-electron chi connectivity index (χ2n) is 4.66. The van der Waals surface area contributed by atoms with Gasteiger partial charge >= 0.3 is 5.97 Å². The van der Waals surface area contributed by atoms with Crippen molar-refractivity contribution in [2.75, 3.05) is 7.11 Å². The standard InChI is InChI=1S/C14H18O6/c1-8(12-10(15)11(16)14(18-2)20-12)19-13(17)9-6-4-3-5-7-9/h3-8,10-12,14-16H,1-2H3/t8-,10+,11-,12-,14?/m1/s1. The Kier molecular flexibility index (Phi) is 4.72. The van der Waals surface area contributed by atoms with Crippen molar-refractivity contribution in [3.63, 3.8) is 0 Å². The lowest BCUT2D eigenvalue weighted by atomic mass is 10.1. The number of carbonyl (C=O) groups is 1. The molecule has 20 heavy (non-hydrogen) atoms. The maximum atomic E-state index is 11.9. The maximum absolute atomic E-state index is 11.9. The molecule has 1 aliphatic heterocycles. The fraction of sp³-hybridized carbons (Fsp3) is 0.500. The van der Waals surface area contributed by atoms with E-state index in [0.29, 0.717) is 5.56 Å². The summed E-state index contributed by atoms with van der Waals surface area (Å²) in [5.41, 5.74) is 0.413. The molecule has 0 radical (unpaired) electrons. The molecule has 1 heterocycles. The number of methoxy groups -OCH3 is 1. The molecule has 1 fully saturated rings. The van der Waals surface area contributed by atoms with Gasteiger partial charge in [0.15, 0.2) is 6.29 Å². The van der Waals surface area contributed by atoms with Gasteiger partial charge in [0.2, 0.25) is 0 Å². The van der Waals surface area contributed by atoms with Gasteiger partial charge < -0.3 is 24.4 Å². The van der Waals surface area contributed by atoms with Crippen molar-refractivity contribution < 1.29 is 29.2 Å². The molecule has 0 bridgehead atoms. The van der Waals surface area contributed by atoms with Crippen LogP contribution in [0.3, 0.4) is 0 Å². The van der Waals surface area contributed by atoms with E-state index in [0.717, 1.165) is 0 Å². The summed E-state index contributed by atoms with van der Waals surface area (Å²) in [4.78, 5) is 11.9. The molecule has 2 N–H and O–H groups in total. The van der Waals surface area contributed by atoms with Crippen molar-refractivity contribution in [3.8, 4) is 0 Å². The van der Waals surface area contributed by atoms with Crippen LogP contribution in [0.25, 0.3) is 0 Å². The summed E-state index contributed by atoms with van der Waals surface area (Å²) in [5.74, 6) is -0.510. The molecule has 0 amide bonds. The number of ether oxygens (including phenoxy) is 3. The lowest BCUT2D eigenvalue weighted by molar-refractivity contribution is -0.162. The second-order valence-corrected chi connectivity index (χ2v) is 4.66. The molecule has 0 saturated carbocycles. The lowest BCUT2D eigenvalue weighted by Gasteiger charge is -2.22. The van der Waals surface area contributed by atoms with E-state index < -0.39 is 36.7 Å². The monoisotopic (exact) mass is 282 g/mol. The first-order valence-corrected chi connectivity index (χ1v) is 6.35. The van der Waals surface area contributed by atoms with Crippen molar-refractivity contribution >= 4 is 5.97 Å². The van der Waals surface area contributed by atoms with Crippen molar-refractivity contribution in [2.24, 2.45) is 0 Å². The molecule has 2 rings (SSSR count). The van der Waals surface area contributed by atoms with Gasteiger partial charge in [-0.1, -0.05) is 18.2 Å². The zero-order chi connectivity index (χ0) is 14.7. The van der Waals surface area contributed by atoms with E-state index in [4.69, 9.17) is 14.2 Å². The SMILES string of the molecule is COC1O[C@H]([C@@H](C)OC(=O)c2ccccc2)[C@@H](O)[C@H]1O. The predicted octanol–water partition coefficient (Wildman–Crippen LogP) is 0.325. The molecule has 1 aromatic rings. The Bertz CT molecular complexity index is 448. The summed E-state index contributed by atoms with van der Waals surface area (Å²) in [6.07, 6.45) is -4.80. The Hall–Kier alpha value is -1.47. The second kappa shape index (κ2) is 6.32. The molecule has 1 aromatic carbocycles. The Morgan fingerprint density at radius 1 is 1.25 bits per heavy atom. The number of carbonyl (C=O) groups excluding carboxylic acids is 1. The smallest absolute Gasteiger partial charge is 0.338 e. The van der Waals surface area contributed by atoms with Crippen molar-refractivity contribution in [1.29, 1.82) is 0 Å². The summed E-state index contributed by atoms with van der Waals surface area (Å²) in [7, 11) is 1.36. The third-order valence-corrected chi connectivity index (χ3v) is 3.25. The molecule has 5 atom stereocenters. The van der Waals surface area contributed by atoms with Gasteiger partial charge in [0.1, 0.15) is 24.4 Å². The Balaban J connectivity index is 1.99. The van der Waals surface area contributed by atoms with Crippen LogP contribution in [-0.4, -0.2) is 54.0 Å². The van der Waals surface area contributed by atoms with E-state index in [9.17, 15) is 15.0 Å². The minimum Gasteiger partial charge on any atom is -0.456 e. The topological polar surface area (TPSA) is 85.2 Å². The highest BCUT2D eigenvalue weighted by Gasteiger charge is 2.46. The fourth-order valence-corrected chi connectivity index (χ4v) is 2.13. The van der Waals surface area contributed by atoms with Crippen molar-refractivity contribution in [2.45, 2.75) is 37.6 Å². The highest BCUT2D eigenvalue weighted by atomic mass is 16.7. The molecule has 1 aliphatic rings. The van der Waals surface area contributed by atoms with Crippen LogP contribution >= 0.6 is 0 Å². The van der Waals surface area contributed by atoms with Crippen LogP contribution in [0, 0.1) is 0 Å². The molecular formula is C14H18O6. The molecule has 6 heteroatoms. The van der Waals surface area contributed by atoms with Gasteiger partial charge in [0, 0.05) is 7.11 Å². The summed E-state index contributed by atoms with van der Waals surface area (Å²) in [6.45, 7) is 1.60. The minimum absolute atomic E-state index is 0.413. The van der Waals surface area contributed by atoms with Gasteiger partial charge in [0.25, 0.3) is 0 Å². The molecule has 0 aliphatic carbocycles. The highest BCUT2D eigenvalue weighted by Crippen LogP contribution is 2.25. The van der Waals surface area contributed by atoms with Crippen LogP contribution in [0.15, 0.2) is 30.3 Å². The average molecular weight is 282 g/mol. The highest BCUT2D eigenvalue weighted by molar-refractivity contribution is 5.89. The van der Waals surface area contributed by atoms with Gasteiger partial charge in [0.05, 0.1) is 5.56 Å². The van der Waals surface area contributed by atoms with Crippen LogP contribution in [0.5, 0.6) is 0 Å². The first-order valence-electron chi connectivity index (χ1n) is 6.35. The van der Waals surface area contributed by atoms with Gasteiger partial charge in [-0.05, 0) is 19.1 Å². The number of aliphatic hydroxyl groups is 2. The molecule has 0 spiro atoms. The summed E-state index contributed by atoms with van der Waals surface area (Å²) in [6, 6.07) is 8.52. The number of hydrogen-bond donors (Lipinski definition) is 2. The Morgan fingerprint density at radius 3 is 2.45 bits per heavy atom. The summed E-state index contributed by atoms with van der Waals surface area (Å²) < 4.78 is 15.5. The number of hydrogen-bond acceptors (Lipinski definition) is 6. The third-order valence-electron chi connectivity index (χ3n) is 3.25. The van der Waals surface area contributed by atoms with Crippen LogP contribution in [0.2, 0.25) is 0 Å². The molecular weight excluding hydrogens is 264 g/mol. The zero-order valence-electron chi connectivity index (χ0n) is 11.3. The fourth-order valence-electron chi connectivity index (χ4n) is 2.13. The molecule has 0 aromatic heterocycles. The molecule has 6 nitrogen and oxygen atoms in total. The van der Waals surface area contributed by atoms with Crippen LogP contribution in [-0.2, 0) is 14.2 Å². The van der Waals surface area contributed by atoms with E-state index in [1.165, 1.54) is 7.11 Å². The number of esters is 1. The summed E-state index contributed by atoms with van der Waals surface area (Å²) >= 11 is 0. The van der Waals surface area contributed by atoms with E-state index in [1.807, 2.05) is 0 Å². The van der Waals surface area contributed by atoms with Gasteiger partial charge in [-0.25, -0.2) is 4.79 Å². The lowest BCUT2D eigenvalue weighted by Crippen LogP contribution is -2.39. The van der Waals surface area contributed by atoms with E-state index in [-0.39, 0.29) is 0 Å². The quantitative estimate of drug-likeness (QED) is 0.774. The third kappa shape index (κ3) is 2.99.